The maximum absolute atomic E-state index is 14.0. The third-order valence-electron chi connectivity index (χ3n) is 6.74. The van der Waals surface area contributed by atoms with Crippen molar-refractivity contribution in [1.29, 1.82) is 0 Å². The summed E-state index contributed by atoms with van der Waals surface area (Å²) in [6.45, 7) is 6.73. The number of methoxy groups -OCH3 is 1. The van der Waals surface area contributed by atoms with Crippen LogP contribution < -0.4 is 24.8 Å². The van der Waals surface area contributed by atoms with Gasteiger partial charge in [-0.05, 0) is 71.6 Å². The summed E-state index contributed by atoms with van der Waals surface area (Å²) in [5.74, 6) is 2.87. The molecular weight excluding hydrogens is 630 g/mol. The van der Waals surface area contributed by atoms with Crippen molar-refractivity contribution in [3.63, 3.8) is 0 Å². The van der Waals surface area contributed by atoms with E-state index in [1.807, 2.05) is 68.4 Å². The summed E-state index contributed by atoms with van der Waals surface area (Å²) >= 11 is 5.31. The van der Waals surface area contributed by atoms with Crippen LogP contribution in [0.25, 0.3) is 0 Å². The van der Waals surface area contributed by atoms with Crippen LogP contribution in [-0.4, -0.2) is 40.1 Å². The molecule has 2 N–H and O–H groups in total. The van der Waals surface area contributed by atoms with E-state index in [1.54, 1.807) is 35.7 Å². The molecule has 11 heteroatoms. The van der Waals surface area contributed by atoms with Gasteiger partial charge in [0.1, 0.15) is 18.4 Å². The van der Waals surface area contributed by atoms with Gasteiger partial charge in [0.25, 0.3) is 5.91 Å². The first kappa shape index (κ1) is 30.5. The smallest absolute Gasteiger partial charge is 0.255 e. The number of nitrogens with zero attached hydrogens (tertiary/aromatic N) is 3. The van der Waals surface area contributed by atoms with E-state index in [1.165, 1.54) is 0 Å². The van der Waals surface area contributed by atoms with Crippen molar-refractivity contribution >= 4 is 45.2 Å². The molecule has 5 rings (SSSR count). The highest BCUT2D eigenvalue weighted by atomic mass is 79.9. The number of para-hydroxylation sites is 2. The second-order valence-corrected chi connectivity index (χ2v) is 11.7. The van der Waals surface area contributed by atoms with Crippen LogP contribution in [0.1, 0.15) is 44.4 Å². The Morgan fingerprint density at radius 2 is 1.84 bits per heavy atom. The molecule has 1 aliphatic heterocycles. The molecule has 0 spiro atoms. The lowest BCUT2D eigenvalue weighted by Gasteiger charge is -2.29. The Morgan fingerprint density at radius 3 is 2.58 bits per heavy atom. The first-order chi connectivity index (χ1) is 20.9. The highest BCUT2D eigenvalue weighted by molar-refractivity contribution is 9.10. The standard InChI is InChI=1S/C32H34BrN5O4S/c1-5-16-43-32-36-31-34-20(3)27(30(39)35-24-14-10-11-15-25(24)40-4)28(38(31)37-32)22-17-23(33)29(26(18-22)41-6-2)42-19-21-12-8-7-9-13-21/h7-15,17-18,28H,5-6,16,19H2,1-4H3,(H,35,39)(H,34,36,37). The zero-order chi connectivity index (χ0) is 30.3. The number of carbonyl (C=O) groups is 1. The normalized spacial score (nSPS) is 14.1. The summed E-state index contributed by atoms with van der Waals surface area (Å²) in [5, 5.41) is 11.8. The number of benzene rings is 3. The summed E-state index contributed by atoms with van der Waals surface area (Å²) < 4.78 is 20.3. The number of nitrogens with one attached hydrogen (secondary N) is 2. The highest BCUT2D eigenvalue weighted by Gasteiger charge is 2.35. The van der Waals surface area contributed by atoms with Crippen LogP contribution >= 0.6 is 27.7 Å². The van der Waals surface area contributed by atoms with Crippen LogP contribution in [0.2, 0.25) is 0 Å². The molecule has 1 amide bonds. The van der Waals surface area contributed by atoms with Gasteiger partial charge in [0, 0.05) is 11.4 Å². The van der Waals surface area contributed by atoms with Crippen molar-refractivity contribution in [1.82, 2.24) is 14.8 Å². The quantitative estimate of drug-likeness (QED) is 0.151. The number of thioether (sulfide) groups is 1. The molecule has 0 saturated heterocycles. The molecule has 224 valence electrons. The molecule has 9 nitrogen and oxygen atoms in total. The zero-order valence-electron chi connectivity index (χ0n) is 24.5. The molecule has 1 aliphatic rings. The molecule has 3 aromatic carbocycles. The van der Waals surface area contributed by atoms with E-state index < -0.39 is 6.04 Å². The lowest BCUT2D eigenvalue weighted by atomic mass is 9.94. The van der Waals surface area contributed by atoms with Crippen LogP contribution in [-0.2, 0) is 11.4 Å². The predicted octanol–water partition coefficient (Wildman–Crippen LogP) is 7.46. The molecule has 1 atom stereocenters. The van der Waals surface area contributed by atoms with E-state index >= 15 is 0 Å². The van der Waals surface area contributed by atoms with Gasteiger partial charge in [0.15, 0.2) is 11.5 Å². The summed E-state index contributed by atoms with van der Waals surface area (Å²) in [5.41, 5.74) is 3.55. The van der Waals surface area contributed by atoms with E-state index in [9.17, 15) is 4.79 Å². The van der Waals surface area contributed by atoms with Crippen LogP contribution in [0.3, 0.4) is 0 Å². The molecule has 0 fully saturated rings. The Balaban J connectivity index is 1.58. The first-order valence-corrected chi connectivity index (χ1v) is 15.9. The molecule has 4 aromatic rings. The molecule has 0 bridgehead atoms. The molecule has 0 radical (unpaired) electrons. The Morgan fingerprint density at radius 1 is 1.07 bits per heavy atom. The molecule has 2 heterocycles. The van der Waals surface area contributed by atoms with Crippen molar-refractivity contribution in [3.8, 4) is 17.2 Å². The maximum Gasteiger partial charge on any atom is 0.255 e. The van der Waals surface area contributed by atoms with Gasteiger partial charge in [-0.3, -0.25) is 4.79 Å². The Labute approximate surface area is 264 Å². The minimum absolute atomic E-state index is 0.290. The lowest BCUT2D eigenvalue weighted by Crippen LogP contribution is -2.31. The van der Waals surface area contributed by atoms with Crippen molar-refractivity contribution in [2.24, 2.45) is 0 Å². The SMILES string of the molecule is CCCSc1nc2n(n1)C(c1cc(Br)c(OCc3ccccc3)c(OCC)c1)C(C(=O)Nc1ccccc1OC)=C(C)N2. The average Bonchev–Trinajstić information content (AvgIpc) is 3.41. The number of hydrogen-bond donors (Lipinski definition) is 2. The number of carbonyl (C=O) groups excluding carboxylic acids is 1. The summed E-state index contributed by atoms with van der Waals surface area (Å²) in [6, 6.07) is 20.5. The number of rotatable bonds is 12. The van der Waals surface area contributed by atoms with Gasteiger partial charge in [-0.25, -0.2) is 4.68 Å². The Kier molecular flexibility index (Phi) is 9.93. The first-order valence-electron chi connectivity index (χ1n) is 14.1. The number of allylic oxidation sites excluding steroid dienone is 1. The summed E-state index contributed by atoms with van der Waals surface area (Å²) in [4.78, 5) is 18.8. The molecule has 43 heavy (non-hydrogen) atoms. The molecule has 0 aliphatic carbocycles. The minimum Gasteiger partial charge on any atom is -0.495 e. The van der Waals surface area contributed by atoms with Gasteiger partial charge < -0.3 is 24.8 Å². The van der Waals surface area contributed by atoms with E-state index in [2.05, 4.69) is 33.5 Å². The van der Waals surface area contributed by atoms with Crippen molar-refractivity contribution in [2.45, 2.75) is 45.0 Å². The predicted molar refractivity (Wildman–Crippen MR) is 173 cm³/mol. The third kappa shape index (κ3) is 6.83. The van der Waals surface area contributed by atoms with Crippen LogP contribution in [0, 0.1) is 0 Å². The zero-order valence-corrected chi connectivity index (χ0v) is 26.9. The average molecular weight is 665 g/mol. The maximum atomic E-state index is 14.0. The minimum atomic E-state index is -0.604. The van der Waals surface area contributed by atoms with Crippen LogP contribution in [0.4, 0.5) is 11.6 Å². The summed E-state index contributed by atoms with van der Waals surface area (Å²) in [7, 11) is 1.58. The molecular formula is C32H34BrN5O4S. The number of aromatic nitrogens is 3. The van der Waals surface area contributed by atoms with Gasteiger partial charge >= 0.3 is 0 Å². The van der Waals surface area contributed by atoms with Gasteiger partial charge in [-0.1, -0.05) is 61.2 Å². The monoisotopic (exact) mass is 663 g/mol. The van der Waals surface area contributed by atoms with Crippen molar-refractivity contribution < 1.29 is 19.0 Å². The van der Waals surface area contributed by atoms with Crippen molar-refractivity contribution in [3.05, 3.63) is 93.6 Å². The van der Waals surface area contributed by atoms with E-state index in [4.69, 9.17) is 24.3 Å². The Hall–Kier alpha value is -3.96. The van der Waals surface area contributed by atoms with Gasteiger partial charge in [0.05, 0.1) is 29.4 Å². The fraction of sp³-hybridized carbons (Fsp3) is 0.281. The van der Waals surface area contributed by atoms with Gasteiger partial charge in [0.2, 0.25) is 11.1 Å². The number of fused-ring (bicyclic) bond motifs is 1. The van der Waals surface area contributed by atoms with Gasteiger partial charge in [-0.15, -0.1) is 5.10 Å². The summed E-state index contributed by atoms with van der Waals surface area (Å²) in [6.07, 6.45) is 0.990. The molecule has 1 unspecified atom stereocenters. The third-order valence-corrected chi connectivity index (χ3v) is 8.37. The second kappa shape index (κ2) is 14.0. The number of anilines is 2. The fourth-order valence-corrected chi connectivity index (χ4v) is 6.06. The number of hydrogen-bond acceptors (Lipinski definition) is 8. The van der Waals surface area contributed by atoms with Crippen LogP contribution in [0.5, 0.6) is 17.2 Å². The lowest BCUT2D eigenvalue weighted by molar-refractivity contribution is -0.113. The van der Waals surface area contributed by atoms with E-state index in [0.29, 0.717) is 63.0 Å². The van der Waals surface area contributed by atoms with E-state index in [0.717, 1.165) is 23.3 Å². The van der Waals surface area contributed by atoms with Crippen molar-refractivity contribution in [2.75, 3.05) is 30.1 Å². The molecule has 0 saturated carbocycles. The molecule has 1 aromatic heterocycles. The second-order valence-electron chi connectivity index (χ2n) is 9.77. The highest BCUT2D eigenvalue weighted by Crippen LogP contribution is 2.44. The topological polar surface area (TPSA) is 99.5 Å². The fourth-order valence-electron chi connectivity index (χ4n) is 4.80. The number of ether oxygens (including phenoxy) is 3. The Bertz CT molecular complexity index is 1630. The number of amides is 1. The van der Waals surface area contributed by atoms with Gasteiger partial charge in [-0.2, -0.15) is 4.98 Å². The van der Waals surface area contributed by atoms with Crippen LogP contribution in [0.15, 0.2) is 87.6 Å². The largest absolute Gasteiger partial charge is 0.495 e. The van der Waals surface area contributed by atoms with E-state index in [-0.39, 0.29) is 5.91 Å². The number of halogens is 1.